The number of carbonyl (C=O) groups is 1. The fourth-order valence-electron chi connectivity index (χ4n) is 3.07. The molecule has 0 saturated carbocycles. The topological polar surface area (TPSA) is 58.4 Å². The molecule has 0 spiro atoms. The van der Waals surface area contributed by atoms with Crippen LogP contribution in [0.25, 0.3) is 0 Å². The molecular formula is C16H24F3N3O2. The molecule has 2 heterocycles. The lowest BCUT2D eigenvalue weighted by atomic mass is 9.85. The Labute approximate surface area is 139 Å². The Hall–Kier alpha value is -1.57. The second-order valence-electron chi connectivity index (χ2n) is 7.30. The van der Waals surface area contributed by atoms with E-state index in [1.807, 2.05) is 0 Å². The molecule has 1 aromatic rings. The molecule has 8 heteroatoms. The first-order valence-corrected chi connectivity index (χ1v) is 8.01. The van der Waals surface area contributed by atoms with Crippen molar-refractivity contribution in [3.63, 3.8) is 0 Å². The zero-order valence-electron chi connectivity index (χ0n) is 14.2. The Bertz CT molecular complexity index is 598. The number of amides is 1. The van der Waals surface area contributed by atoms with E-state index in [-0.39, 0.29) is 5.41 Å². The van der Waals surface area contributed by atoms with Crippen LogP contribution in [0.1, 0.15) is 45.4 Å². The van der Waals surface area contributed by atoms with Crippen LogP contribution >= 0.6 is 0 Å². The molecular weight excluding hydrogens is 323 g/mol. The number of likely N-dealkylation sites (tertiary alicyclic amines) is 1. The first-order chi connectivity index (χ1) is 11.0. The van der Waals surface area contributed by atoms with Crippen LogP contribution in [0.15, 0.2) is 12.4 Å². The van der Waals surface area contributed by atoms with Gasteiger partial charge in [0.05, 0.1) is 6.42 Å². The van der Waals surface area contributed by atoms with Gasteiger partial charge in [0, 0.05) is 32.5 Å². The van der Waals surface area contributed by atoms with E-state index in [0.717, 1.165) is 23.8 Å². The van der Waals surface area contributed by atoms with Crippen LogP contribution in [0.4, 0.5) is 13.2 Å². The van der Waals surface area contributed by atoms with Crippen LogP contribution in [0.3, 0.4) is 0 Å². The summed E-state index contributed by atoms with van der Waals surface area (Å²) in [6, 6.07) is 0. The van der Waals surface area contributed by atoms with E-state index in [1.165, 1.54) is 24.3 Å². The van der Waals surface area contributed by atoms with Crippen LogP contribution in [-0.4, -0.2) is 44.7 Å². The van der Waals surface area contributed by atoms with Crippen molar-refractivity contribution in [3.8, 4) is 0 Å². The van der Waals surface area contributed by atoms with Crippen LogP contribution < -0.4 is 0 Å². The van der Waals surface area contributed by atoms with Gasteiger partial charge in [-0.05, 0) is 24.7 Å². The molecule has 1 amide bonds. The summed E-state index contributed by atoms with van der Waals surface area (Å²) in [5.41, 5.74) is -3.22. The van der Waals surface area contributed by atoms with Gasteiger partial charge in [-0.3, -0.25) is 4.79 Å². The molecule has 0 aromatic carbocycles. The summed E-state index contributed by atoms with van der Waals surface area (Å²) < 4.78 is 41.6. The van der Waals surface area contributed by atoms with Crippen molar-refractivity contribution >= 4 is 5.91 Å². The number of aliphatic hydroxyl groups is 1. The third-order valence-corrected chi connectivity index (χ3v) is 4.76. The van der Waals surface area contributed by atoms with Crippen LogP contribution in [0, 0.1) is 5.41 Å². The number of hydrogen-bond acceptors (Lipinski definition) is 3. The molecule has 5 nitrogen and oxygen atoms in total. The molecule has 1 aliphatic rings. The predicted octanol–water partition coefficient (Wildman–Crippen LogP) is 2.60. The van der Waals surface area contributed by atoms with Gasteiger partial charge in [0.2, 0.25) is 11.5 Å². The SMILES string of the molecule is Cn1ccnc1C(O)(CC(=O)N1CCCC(C)(C)CC1)C(F)(F)F. The molecule has 0 aliphatic carbocycles. The van der Waals surface area contributed by atoms with Crippen molar-refractivity contribution in [2.45, 2.75) is 51.3 Å². The molecule has 1 atom stereocenters. The van der Waals surface area contributed by atoms with Crippen molar-refractivity contribution in [1.82, 2.24) is 14.5 Å². The van der Waals surface area contributed by atoms with Gasteiger partial charge in [-0.15, -0.1) is 0 Å². The van der Waals surface area contributed by atoms with Gasteiger partial charge in [-0.1, -0.05) is 13.8 Å². The van der Waals surface area contributed by atoms with Crippen molar-refractivity contribution in [1.29, 1.82) is 0 Å². The van der Waals surface area contributed by atoms with E-state index in [1.54, 1.807) is 0 Å². The second-order valence-corrected chi connectivity index (χ2v) is 7.30. The standard InChI is InChI=1S/C16H24F3N3O2/c1-14(2)5-4-8-22(9-6-14)12(23)11-15(24,16(17,18)19)13-20-7-10-21(13)3/h7,10,24H,4-6,8-9,11H2,1-3H3. The number of halogens is 3. The van der Waals surface area contributed by atoms with E-state index in [2.05, 4.69) is 18.8 Å². The molecule has 1 saturated heterocycles. The van der Waals surface area contributed by atoms with Gasteiger partial charge in [-0.2, -0.15) is 13.2 Å². The largest absolute Gasteiger partial charge is 0.425 e. The number of nitrogens with zero attached hydrogens (tertiary/aromatic N) is 3. The monoisotopic (exact) mass is 347 g/mol. The molecule has 1 aromatic heterocycles. The maximum absolute atomic E-state index is 13.5. The van der Waals surface area contributed by atoms with Crippen molar-refractivity contribution < 1.29 is 23.1 Å². The van der Waals surface area contributed by atoms with Gasteiger partial charge >= 0.3 is 6.18 Å². The molecule has 0 radical (unpaired) electrons. The van der Waals surface area contributed by atoms with Crippen LogP contribution in [0.5, 0.6) is 0 Å². The number of hydrogen-bond donors (Lipinski definition) is 1. The maximum Gasteiger partial charge on any atom is 0.425 e. The van der Waals surface area contributed by atoms with Crippen molar-refractivity contribution in [3.05, 3.63) is 18.2 Å². The van der Waals surface area contributed by atoms with Gasteiger partial charge in [0.15, 0.2) is 5.82 Å². The summed E-state index contributed by atoms with van der Waals surface area (Å²) in [6.07, 6.45) is -1.18. The molecule has 1 unspecified atom stereocenters. The Morgan fingerprint density at radius 1 is 1.33 bits per heavy atom. The van der Waals surface area contributed by atoms with E-state index >= 15 is 0 Å². The van der Waals surface area contributed by atoms with Gasteiger partial charge in [0.1, 0.15) is 0 Å². The first kappa shape index (κ1) is 18.8. The van der Waals surface area contributed by atoms with Gasteiger partial charge in [0.25, 0.3) is 0 Å². The number of alkyl halides is 3. The minimum absolute atomic E-state index is 0.0645. The smallest absolute Gasteiger partial charge is 0.374 e. The van der Waals surface area contributed by atoms with E-state index < -0.39 is 29.9 Å². The molecule has 1 N–H and O–H groups in total. The Morgan fingerprint density at radius 3 is 2.54 bits per heavy atom. The lowest BCUT2D eigenvalue weighted by molar-refractivity contribution is -0.272. The number of aryl methyl sites for hydroxylation is 1. The fraction of sp³-hybridized carbons (Fsp3) is 0.750. The Morgan fingerprint density at radius 2 is 2.00 bits per heavy atom. The molecule has 136 valence electrons. The zero-order chi connectivity index (χ0) is 18.2. The van der Waals surface area contributed by atoms with E-state index in [4.69, 9.17) is 0 Å². The highest BCUT2D eigenvalue weighted by atomic mass is 19.4. The molecule has 1 aliphatic heterocycles. The van der Waals surface area contributed by atoms with E-state index in [9.17, 15) is 23.1 Å². The summed E-state index contributed by atoms with van der Waals surface area (Å²) in [5.74, 6) is -1.27. The Balaban J connectivity index is 2.21. The number of carbonyl (C=O) groups excluding carboxylic acids is 1. The summed E-state index contributed by atoms with van der Waals surface area (Å²) in [5, 5.41) is 10.3. The van der Waals surface area contributed by atoms with Gasteiger partial charge in [-0.25, -0.2) is 4.98 Å². The van der Waals surface area contributed by atoms with Crippen LogP contribution in [0.2, 0.25) is 0 Å². The maximum atomic E-state index is 13.5. The second kappa shape index (κ2) is 6.38. The molecule has 2 rings (SSSR count). The Kier molecular flexibility index (Phi) is 4.99. The van der Waals surface area contributed by atoms with Crippen molar-refractivity contribution in [2.75, 3.05) is 13.1 Å². The summed E-state index contributed by atoms with van der Waals surface area (Å²) in [6.45, 7) is 4.99. The zero-order valence-corrected chi connectivity index (χ0v) is 14.2. The first-order valence-electron chi connectivity index (χ1n) is 8.01. The third-order valence-electron chi connectivity index (χ3n) is 4.76. The number of imidazole rings is 1. The normalized spacial score (nSPS) is 21.2. The lowest BCUT2D eigenvalue weighted by Gasteiger charge is -2.32. The molecule has 0 bridgehead atoms. The minimum atomic E-state index is -4.99. The summed E-state index contributed by atoms with van der Waals surface area (Å²) >= 11 is 0. The predicted molar refractivity (Wildman–Crippen MR) is 82.0 cm³/mol. The van der Waals surface area contributed by atoms with Crippen LogP contribution in [-0.2, 0) is 17.4 Å². The molecule has 1 fully saturated rings. The highest BCUT2D eigenvalue weighted by Gasteiger charge is 2.59. The summed E-state index contributed by atoms with van der Waals surface area (Å²) in [4.78, 5) is 17.5. The summed E-state index contributed by atoms with van der Waals surface area (Å²) in [7, 11) is 1.36. The van der Waals surface area contributed by atoms with Crippen molar-refractivity contribution in [2.24, 2.45) is 12.5 Å². The lowest BCUT2D eigenvalue weighted by Crippen LogP contribution is -2.48. The quantitative estimate of drug-likeness (QED) is 0.914. The highest BCUT2D eigenvalue weighted by molar-refractivity contribution is 5.77. The average Bonchev–Trinajstić information content (AvgIpc) is 2.78. The van der Waals surface area contributed by atoms with E-state index in [0.29, 0.717) is 13.1 Å². The fourth-order valence-corrected chi connectivity index (χ4v) is 3.07. The third kappa shape index (κ3) is 3.74. The minimum Gasteiger partial charge on any atom is -0.374 e. The van der Waals surface area contributed by atoms with Gasteiger partial charge < -0.3 is 14.6 Å². The average molecular weight is 347 g/mol. The number of aromatic nitrogens is 2. The number of rotatable bonds is 3. The highest BCUT2D eigenvalue weighted by Crippen LogP contribution is 2.41. The molecule has 24 heavy (non-hydrogen) atoms.